The second kappa shape index (κ2) is 7.77. The molecule has 0 fully saturated rings. The van der Waals surface area contributed by atoms with Crippen LogP contribution in [0.3, 0.4) is 0 Å². The summed E-state index contributed by atoms with van der Waals surface area (Å²) in [6, 6.07) is 3.14. The molecule has 1 aromatic heterocycles. The number of aryl methyl sites for hydroxylation is 1. The summed E-state index contributed by atoms with van der Waals surface area (Å²) in [5.74, 6) is -3.77. The Kier molecular flexibility index (Phi) is 6.76. The molecule has 104 valence electrons. The number of aromatic nitrogens is 1. The van der Waals surface area contributed by atoms with Gasteiger partial charge in [-0.25, -0.2) is 9.59 Å². The Morgan fingerprint density at radius 2 is 1.84 bits per heavy atom. The van der Waals surface area contributed by atoms with Gasteiger partial charge >= 0.3 is 17.9 Å². The van der Waals surface area contributed by atoms with Crippen LogP contribution in [0.15, 0.2) is 18.3 Å². The third kappa shape index (κ3) is 6.74. The molecule has 0 saturated carbocycles. The molecule has 19 heavy (non-hydrogen) atoms. The summed E-state index contributed by atoms with van der Waals surface area (Å²) >= 11 is 0. The molecular weight excluding hydrogens is 258 g/mol. The Balaban J connectivity index is 0.000000344. The van der Waals surface area contributed by atoms with Gasteiger partial charge in [-0.05, 0) is 19.1 Å². The maximum atomic E-state index is 10.4. The molecule has 1 rings (SSSR count). The number of aliphatic carboxylic acids is 2. The third-order valence-corrected chi connectivity index (χ3v) is 1.89. The molecule has 4 N–H and O–H groups in total. The van der Waals surface area contributed by atoms with E-state index < -0.39 is 30.4 Å². The van der Waals surface area contributed by atoms with Crippen LogP contribution >= 0.6 is 0 Å². The molecule has 0 radical (unpaired) electrons. The first-order chi connectivity index (χ1) is 8.75. The van der Waals surface area contributed by atoms with E-state index in [-0.39, 0.29) is 5.56 Å². The van der Waals surface area contributed by atoms with Crippen molar-refractivity contribution in [3.63, 3.8) is 0 Å². The Labute approximate surface area is 108 Å². The van der Waals surface area contributed by atoms with E-state index in [0.29, 0.717) is 5.69 Å². The molecule has 0 aliphatic heterocycles. The van der Waals surface area contributed by atoms with Crippen LogP contribution in [-0.4, -0.2) is 49.4 Å². The molecule has 0 aromatic carbocycles. The lowest BCUT2D eigenvalue weighted by molar-refractivity contribution is -0.152. The molecule has 8 nitrogen and oxygen atoms in total. The fraction of sp³-hybridized carbons (Fsp3) is 0.273. The van der Waals surface area contributed by atoms with Crippen LogP contribution in [0.25, 0.3) is 0 Å². The van der Waals surface area contributed by atoms with Gasteiger partial charge < -0.3 is 20.4 Å². The number of aromatic carboxylic acids is 1. The number of aliphatic hydroxyl groups excluding tert-OH is 1. The first-order valence-corrected chi connectivity index (χ1v) is 5.03. The highest BCUT2D eigenvalue weighted by Gasteiger charge is 2.16. The van der Waals surface area contributed by atoms with Crippen LogP contribution in [0.2, 0.25) is 0 Å². The number of rotatable bonds is 4. The van der Waals surface area contributed by atoms with Gasteiger partial charge in [0.1, 0.15) is 0 Å². The van der Waals surface area contributed by atoms with Crippen LogP contribution in [0, 0.1) is 6.92 Å². The summed E-state index contributed by atoms with van der Waals surface area (Å²) in [7, 11) is 0. The molecule has 8 heteroatoms. The minimum Gasteiger partial charge on any atom is -0.481 e. The number of aliphatic hydroxyl groups is 1. The zero-order valence-electron chi connectivity index (χ0n) is 9.98. The van der Waals surface area contributed by atoms with Gasteiger partial charge in [-0.2, -0.15) is 0 Å². The van der Waals surface area contributed by atoms with Crippen molar-refractivity contribution in [3.8, 4) is 0 Å². The topological polar surface area (TPSA) is 145 Å². The Bertz CT molecular complexity index is 472. The minimum absolute atomic E-state index is 0.266. The van der Waals surface area contributed by atoms with Crippen molar-refractivity contribution in [1.29, 1.82) is 0 Å². The maximum Gasteiger partial charge on any atom is 0.337 e. The van der Waals surface area contributed by atoms with Crippen molar-refractivity contribution in [2.75, 3.05) is 0 Å². The van der Waals surface area contributed by atoms with Crippen molar-refractivity contribution >= 4 is 17.9 Å². The smallest absolute Gasteiger partial charge is 0.337 e. The van der Waals surface area contributed by atoms with E-state index >= 15 is 0 Å². The second-order valence-corrected chi connectivity index (χ2v) is 3.39. The zero-order valence-corrected chi connectivity index (χ0v) is 9.98. The van der Waals surface area contributed by atoms with E-state index in [0.717, 1.165) is 0 Å². The lowest BCUT2D eigenvalue weighted by Gasteiger charge is -1.97. The summed E-state index contributed by atoms with van der Waals surface area (Å²) in [6.07, 6.45) is -0.973. The number of carboxylic acids is 3. The average Bonchev–Trinajstić information content (AvgIpc) is 2.29. The van der Waals surface area contributed by atoms with Crippen LogP contribution < -0.4 is 0 Å². The van der Waals surface area contributed by atoms with Gasteiger partial charge in [-0.1, -0.05) is 0 Å². The Morgan fingerprint density at radius 1 is 1.26 bits per heavy atom. The Morgan fingerprint density at radius 3 is 2.11 bits per heavy atom. The molecule has 0 bridgehead atoms. The summed E-state index contributed by atoms with van der Waals surface area (Å²) in [5, 5.41) is 32.7. The average molecular weight is 271 g/mol. The van der Waals surface area contributed by atoms with Crippen LogP contribution in [0.5, 0.6) is 0 Å². The summed E-state index contributed by atoms with van der Waals surface area (Å²) < 4.78 is 0. The van der Waals surface area contributed by atoms with Crippen molar-refractivity contribution in [2.24, 2.45) is 0 Å². The SMILES string of the molecule is Cc1ncccc1C(=O)O.O=C(O)CC(O)C(=O)O. The first kappa shape index (κ1) is 16.5. The summed E-state index contributed by atoms with van der Waals surface area (Å²) in [5.41, 5.74) is 0.817. The molecule has 1 unspecified atom stereocenters. The molecule has 0 aliphatic carbocycles. The number of pyridine rings is 1. The lowest BCUT2D eigenvalue weighted by atomic mass is 10.2. The van der Waals surface area contributed by atoms with Crippen molar-refractivity contribution in [3.05, 3.63) is 29.6 Å². The molecule has 0 amide bonds. The molecule has 0 spiro atoms. The lowest BCUT2D eigenvalue weighted by Crippen LogP contribution is -2.22. The standard InChI is InChI=1S/C7H7NO2.C4H6O5/c1-5-6(7(9)10)3-2-4-8-5;5-2(4(8)9)1-3(6)7/h2-4H,1H3,(H,9,10);2,5H,1H2,(H,6,7)(H,8,9). The number of nitrogens with zero attached hydrogens (tertiary/aromatic N) is 1. The van der Waals surface area contributed by atoms with Gasteiger partial charge in [0.25, 0.3) is 0 Å². The van der Waals surface area contributed by atoms with Crippen molar-refractivity contribution in [1.82, 2.24) is 4.98 Å². The van der Waals surface area contributed by atoms with Gasteiger partial charge in [0.2, 0.25) is 0 Å². The fourth-order valence-corrected chi connectivity index (χ4v) is 0.963. The van der Waals surface area contributed by atoms with Gasteiger partial charge in [0, 0.05) is 6.20 Å². The molecule has 1 aromatic rings. The van der Waals surface area contributed by atoms with E-state index in [9.17, 15) is 14.4 Å². The Hall–Kier alpha value is -2.48. The van der Waals surface area contributed by atoms with E-state index in [2.05, 4.69) is 4.98 Å². The van der Waals surface area contributed by atoms with Gasteiger partial charge in [-0.15, -0.1) is 0 Å². The predicted molar refractivity (Wildman–Crippen MR) is 61.8 cm³/mol. The quantitative estimate of drug-likeness (QED) is 0.598. The third-order valence-electron chi connectivity index (χ3n) is 1.89. The van der Waals surface area contributed by atoms with Gasteiger partial charge in [0.15, 0.2) is 6.10 Å². The van der Waals surface area contributed by atoms with E-state index in [1.54, 1.807) is 19.2 Å². The highest BCUT2D eigenvalue weighted by atomic mass is 16.4. The van der Waals surface area contributed by atoms with Crippen molar-refractivity contribution in [2.45, 2.75) is 19.4 Å². The number of carbonyl (C=O) groups is 3. The largest absolute Gasteiger partial charge is 0.481 e. The van der Waals surface area contributed by atoms with Crippen LogP contribution in [-0.2, 0) is 9.59 Å². The summed E-state index contributed by atoms with van der Waals surface area (Å²) in [6.45, 7) is 1.67. The van der Waals surface area contributed by atoms with E-state index in [4.69, 9.17) is 20.4 Å². The second-order valence-electron chi connectivity index (χ2n) is 3.39. The van der Waals surface area contributed by atoms with E-state index in [1.165, 1.54) is 6.07 Å². The summed E-state index contributed by atoms with van der Waals surface area (Å²) in [4.78, 5) is 33.6. The van der Waals surface area contributed by atoms with Crippen LogP contribution in [0.1, 0.15) is 22.5 Å². The highest BCUT2D eigenvalue weighted by molar-refractivity contribution is 5.88. The predicted octanol–water partition coefficient (Wildman–Crippen LogP) is -0.00518. The highest BCUT2D eigenvalue weighted by Crippen LogP contribution is 2.01. The maximum absolute atomic E-state index is 10.4. The van der Waals surface area contributed by atoms with Crippen LogP contribution in [0.4, 0.5) is 0 Å². The van der Waals surface area contributed by atoms with Crippen molar-refractivity contribution < 1.29 is 34.8 Å². The molecule has 0 saturated heterocycles. The van der Waals surface area contributed by atoms with Gasteiger partial charge in [-0.3, -0.25) is 9.78 Å². The van der Waals surface area contributed by atoms with E-state index in [1.807, 2.05) is 0 Å². The molecule has 0 aliphatic rings. The number of carboxylic acid groups (broad SMARTS) is 3. The number of hydrogen-bond acceptors (Lipinski definition) is 5. The molecule has 1 heterocycles. The van der Waals surface area contributed by atoms with Gasteiger partial charge in [0.05, 0.1) is 17.7 Å². The minimum atomic E-state index is -1.79. The molecule has 1 atom stereocenters. The first-order valence-electron chi connectivity index (χ1n) is 5.03. The zero-order chi connectivity index (χ0) is 15.0. The fourth-order valence-electron chi connectivity index (χ4n) is 0.963. The number of hydrogen-bond donors (Lipinski definition) is 4. The normalized spacial score (nSPS) is 10.8. The monoisotopic (exact) mass is 271 g/mol. The molecular formula is C11H13NO7.